The zero-order chi connectivity index (χ0) is 19.4. The Labute approximate surface area is 179 Å². The Morgan fingerprint density at radius 1 is 0.655 bits per heavy atom. The molecule has 29 heavy (non-hydrogen) atoms. The van der Waals surface area contributed by atoms with Gasteiger partial charge in [0.1, 0.15) is 0 Å². The van der Waals surface area contributed by atoms with Crippen molar-refractivity contribution in [2.24, 2.45) is 17.8 Å². The number of rotatable bonds is 4. The van der Waals surface area contributed by atoms with Gasteiger partial charge in [-0.15, -0.1) is 0 Å². The highest BCUT2D eigenvalue weighted by atomic mass is 15.2. The minimum atomic E-state index is 0.924. The van der Waals surface area contributed by atoms with Crippen molar-refractivity contribution < 1.29 is 0 Å². The molecular formula is C26H45N3. The molecule has 0 aromatic heterocycles. The van der Waals surface area contributed by atoms with E-state index in [4.69, 9.17) is 0 Å². The Hall–Kier alpha value is -0.120. The zero-order valence-electron chi connectivity index (χ0n) is 19.0. The lowest BCUT2D eigenvalue weighted by atomic mass is 9.82. The third-order valence-corrected chi connectivity index (χ3v) is 10.4. The van der Waals surface area contributed by atoms with Crippen LogP contribution in [0.5, 0.6) is 0 Å². The van der Waals surface area contributed by atoms with Crippen LogP contribution in [0.1, 0.15) is 90.4 Å². The molecule has 6 aliphatic rings. The summed E-state index contributed by atoms with van der Waals surface area (Å²) < 4.78 is 0. The van der Waals surface area contributed by atoms with E-state index in [9.17, 15) is 0 Å². The lowest BCUT2D eigenvalue weighted by Gasteiger charge is -2.48. The van der Waals surface area contributed by atoms with Gasteiger partial charge >= 0.3 is 0 Å². The summed E-state index contributed by atoms with van der Waals surface area (Å²) >= 11 is 0. The summed E-state index contributed by atoms with van der Waals surface area (Å²) in [4.78, 5) is 8.82. The maximum absolute atomic E-state index is 3.04. The minimum Gasteiger partial charge on any atom is -0.300 e. The second-order valence-electron chi connectivity index (χ2n) is 12.1. The molecule has 0 aliphatic carbocycles. The highest BCUT2D eigenvalue weighted by molar-refractivity contribution is 5.00. The average molecular weight is 400 g/mol. The van der Waals surface area contributed by atoms with Gasteiger partial charge in [0.15, 0.2) is 0 Å². The summed E-state index contributed by atoms with van der Waals surface area (Å²) in [5.74, 6) is 2.94. The van der Waals surface area contributed by atoms with Gasteiger partial charge in [0.25, 0.3) is 0 Å². The monoisotopic (exact) mass is 399 g/mol. The van der Waals surface area contributed by atoms with Crippen LogP contribution in [0, 0.1) is 17.8 Å². The van der Waals surface area contributed by atoms with Crippen molar-refractivity contribution in [1.29, 1.82) is 0 Å². The Balaban J connectivity index is 1.06. The van der Waals surface area contributed by atoms with Crippen LogP contribution >= 0.6 is 0 Å². The van der Waals surface area contributed by atoms with E-state index in [-0.39, 0.29) is 0 Å². The molecule has 0 N–H and O–H groups in total. The van der Waals surface area contributed by atoms with Crippen LogP contribution in [0.25, 0.3) is 0 Å². The molecule has 8 unspecified atom stereocenters. The summed E-state index contributed by atoms with van der Waals surface area (Å²) in [5.41, 5.74) is 0. The number of fused-ring (bicyclic) bond motifs is 3. The molecule has 0 aromatic carbocycles. The zero-order valence-corrected chi connectivity index (χ0v) is 19.0. The third kappa shape index (κ3) is 3.72. The normalized spacial score (nSPS) is 48.7. The van der Waals surface area contributed by atoms with Crippen LogP contribution in [0.4, 0.5) is 0 Å². The van der Waals surface area contributed by atoms with Crippen molar-refractivity contribution in [1.82, 2.24) is 14.7 Å². The molecule has 6 saturated heterocycles. The predicted molar refractivity (Wildman–Crippen MR) is 120 cm³/mol. The van der Waals surface area contributed by atoms with Crippen LogP contribution in [-0.4, -0.2) is 71.1 Å². The Morgan fingerprint density at radius 2 is 1.48 bits per heavy atom. The first-order valence-electron chi connectivity index (χ1n) is 13.5. The molecule has 6 rings (SSSR count). The number of hydrogen-bond acceptors (Lipinski definition) is 3. The largest absolute Gasteiger partial charge is 0.300 e. The number of nitrogens with zero attached hydrogens (tertiary/aromatic N) is 3. The molecule has 0 saturated carbocycles. The van der Waals surface area contributed by atoms with E-state index >= 15 is 0 Å². The van der Waals surface area contributed by atoms with Crippen LogP contribution in [0.3, 0.4) is 0 Å². The minimum absolute atomic E-state index is 0.924. The first-order valence-corrected chi connectivity index (χ1v) is 13.5. The second kappa shape index (κ2) is 8.10. The first-order chi connectivity index (χ1) is 14.2. The fourth-order valence-corrected chi connectivity index (χ4v) is 8.72. The van der Waals surface area contributed by atoms with Crippen molar-refractivity contribution in [2.75, 3.05) is 26.2 Å². The molecule has 0 radical (unpaired) electrons. The van der Waals surface area contributed by atoms with E-state index in [2.05, 4.69) is 21.6 Å². The first kappa shape index (κ1) is 19.6. The van der Waals surface area contributed by atoms with E-state index < -0.39 is 0 Å². The van der Waals surface area contributed by atoms with E-state index in [1.807, 2.05) is 0 Å². The maximum atomic E-state index is 3.04. The SMILES string of the molecule is CC1CCC2CCC(CC3CCCN4C(CC5CCC6CCN6C5)CCC34)N2C1. The van der Waals surface area contributed by atoms with Crippen LogP contribution in [0.2, 0.25) is 0 Å². The van der Waals surface area contributed by atoms with Crippen LogP contribution in [-0.2, 0) is 0 Å². The highest BCUT2D eigenvalue weighted by Crippen LogP contribution is 2.44. The van der Waals surface area contributed by atoms with Gasteiger partial charge in [0.05, 0.1) is 0 Å². The van der Waals surface area contributed by atoms with Gasteiger partial charge in [-0.2, -0.15) is 0 Å². The van der Waals surface area contributed by atoms with Crippen LogP contribution in [0.15, 0.2) is 0 Å². The van der Waals surface area contributed by atoms with Gasteiger partial charge in [-0.3, -0.25) is 9.80 Å². The Bertz CT molecular complexity index is 578. The average Bonchev–Trinajstić information content (AvgIpc) is 3.29. The maximum Gasteiger partial charge on any atom is 0.0128 e. The van der Waals surface area contributed by atoms with E-state index in [1.165, 1.54) is 110 Å². The van der Waals surface area contributed by atoms with Gasteiger partial charge in [-0.25, -0.2) is 0 Å². The molecule has 0 bridgehead atoms. The van der Waals surface area contributed by atoms with Crippen molar-refractivity contribution in [3.05, 3.63) is 0 Å². The molecule has 6 heterocycles. The van der Waals surface area contributed by atoms with E-state index in [0.717, 1.165) is 48.0 Å². The molecule has 6 aliphatic heterocycles. The van der Waals surface area contributed by atoms with Gasteiger partial charge in [0.2, 0.25) is 0 Å². The smallest absolute Gasteiger partial charge is 0.0128 e. The molecule has 0 amide bonds. The van der Waals surface area contributed by atoms with Gasteiger partial charge in [-0.1, -0.05) is 6.92 Å². The lowest BCUT2D eigenvalue weighted by Crippen LogP contribution is -2.54. The fraction of sp³-hybridized carbons (Fsp3) is 1.00. The number of hydrogen-bond donors (Lipinski definition) is 0. The Kier molecular flexibility index (Phi) is 5.46. The molecule has 3 heteroatoms. The molecule has 0 aromatic rings. The second-order valence-corrected chi connectivity index (χ2v) is 12.1. The topological polar surface area (TPSA) is 9.72 Å². The summed E-state index contributed by atoms with van der Waals surface area (Å²) in [5, 5.41) is 0. The number of piperidine rings is 3. The predicted octanol–water partition coefficient (Wildman–Crippen LogP) is 4.76. The van der Waals surface area contributed by atoms with Gasteiger partial charge in [0, 0.05) is 43.3 Å². The van der Waals surface area contributed by atoms with Crippen molar-refractivity contribution in [2.45, 2.75) is 121 Å². The molecule has 0 spiro atoms. The van der Waals surface area contributed by atoms with Gasteiger partial charge < -0.3 is 4.90 Å². The summed E-state index contributed by atoms with van der Waals surface area (Å²) in [6.07, 6.45) is 19.5. The molecule has 8 atom stereocenters. The highest BCUT2D eigenvalue weighted by Gasteiger charge is 2.45. The van der Waals surface area contributed by atoms with E-state index in [0.29, 0.717) is 0 Å². The van der Waals surface area contributed by atoms with Crippen molar-refractivity contribution in [3.63, 3.8) is 0 Å². The van der Waals surface area contributed by atoms with Crippen molar-refractivity contribution in [3.8, 4) is 0 Å². The lowest BCUT2D eigenvalue weighted by molar-refractivity contribution is 0.00975. The fourth-order valence-electron chi connectivity index (χ4n) is 8.72. The molecule has 6 fully saturated rings. The summed E-state index contributed by atoms with van der Waals surface area (Å²) in [6.45, 7) is 8.14. The summed E-state index contributed by atoms with van der Waals surface area (Å²) in [6, 6.07) is 4.72. The van der Waals surface area contributed by atoms with Gasteiger partial charge in [-0.05, 0) is 114 Å². The van der Waals surface area contributed by atoms with Crippen molar-refractivity contribution >= 4 is 0 Å². The Morgan fingerprint density at radius 3 is 2.34 bits per heavy atom. The standard InChI is InChI=1S/C26H45N3/c1-19-4-6-23-8-9-25(29(23)17-19)16-21-3-2-13-28-24(10-11-26(21)28)15-20-5-7-22-12-14-27(22)18-20/h19-26H,2-18H2,1H3. The third-order valence-electron chi connectivity index (χ3n) is 10.4. The van der Waals surface area contributed by atoms with Crippen LogP contribution < -0.4 is 0 Å². The molecular weight excluding hydrogens is 354 g/mol. The summed E-state index contributed by atoms with van der Waals surface area (Å²) in [7, 11) is 0. The quantitative estimate of drug-likeness (QED) is 0.675. The molecule has 164 valence electrons. The molecule has 3 nitrogen and oxygen atoms in total. The van der Waals surface area contributed by atoms with E-state index in [1.54, 1.807) is 0 Å².